The molecule has 172 valence electrons. The summed E-state index contributed by atoms with van der Waals surface area (Å²) in [7, 11) is 2.31. The normalized spacial score (nSPS) is 31.3. The Labute approximate surface area is 196 Å². The summed E-state index contributed by atoms with van der Waals surface area (Å²) in [4.78, 5) is 23.9. The summed E-state index contributed by atoms with van der Waals surface area (Å²) in [6.07, 6.45) is 5.70. The zero-order valence-corrected chi connectivity index (χ0v) is 19.9. The van der Waals surface area contributed by atoms with E-state index in [1.54, 1.807) is 0 Å². The number of aromatic nitrogens is 2. The number of carbonyl (C=O) groups excluding carboxylic acids is 1. The standard InChI is InChI=1S/C28H34N4O/c1-19-29-21-12-7-8-13-22(21)31(19)18-27(33)32-23(16-20-10-5-4-6-11-20)24-17-28(2)25(30(24)3)14-9-15-26(28)32/h4-8,10-13,23-26H,9,14-18H2,1-3H3/t23-,24-,25-,26+,28-/m0/s1. The molecule has 3 aliphatic rings. The van der Waals surface area contributed by atoms with Gasteiger partial charge in [0.25, 0.3) is 0 Å². The monoisotopic (exact) mass is 442 g/mol. The van der Waals surface area contributed by atoms with Crippen molar-refractivity contribution in [2.24, 2.45) is 5.41 Å². The molecular weight excluding hydrogens is 408 g/mol. The maximum Gasteiger partial charge on any atom is 0.243 e. The van der Waals surface area contributed by atoms with Crippen LogP contribution < -0.4 is 0 Å². The Bertz CT molecular complexity index is 1190. The summed E-state index contributed by atoms with van der Waals surface area (Å²) in [6.45, 7) is 4.83. The number of amides is 1. The van der Waals surface area contributed by atoms with E-state index >= 15 is 0 Å². The second-order valence-corrected chi connectivity index (χ2v) is 10.7. The third kappa shape index (κ3) is 3.16. The van der Waals surface area contributed by atoms with Crippen molar-refractivity contribution in [2.75, 3.05) is 7.05 Å². The Morgan fingerprint density at radius 1 is 1.06 bits per heavy atom. The van der Waals surface area contributed by atoms with E-state index < -0.39 is 0 Å². The molecule has 3 aromatic rings. The highest BCUT2D eigenvalue weighted by Gasteiger charge is 2.62. The lowest BCUT2D eigenvalue weighted by Crippen LogP contribution is -2.63. The predicted octanol–water partition coefficient (Wildman–Crippen LogP) is 4.43. The summed E-state index contributed by atoms with van der Waals surface area (Å²) in [6, 6.07) is 20.4. The molecular formula is C28H34N4O. The van der Waals surface area contributed by atoms with Crippen LogP contribution in [0.5, 0.6) is 0 Å². The van der Waals surface area contributed by atoms with E-state index in [9.17, 15) is 4.79 Å². The summed E-state index contributed by atoms with van der Waals surface area (Å²) >= 11 is 0. The van der Waals surface area contributed by atoms with Gasteiger partial charge in [-0.05, 0) is 63.8 Å². The fourth-order valence-electron chi connectivity index (χ4n) is 7.49. The molecule has 3 fully saturated rings. The van der Waals surface area contributed by atoms with Crippen molar-refractivity contribution in [2.45, 2.75) is 76.7 Å². The molecule has 5 heteroatoms. The number of hydrogen-bond donors (Lipinski definition) is 0. The van der Waals surface area contributed by atoms with E-state index in [4.69, 9.17) is 4.98 Å². The molecule has 1 aliphatic carbocycles. The van der Waals surface area contributed by atoms with Crippen molar-refractivity contribution < 1.29 is 4.79 Å². The van der Waals surface area contributed by atoms with Crippen LogP contribution in [-0.2, 0) is 17.8 Å². The van der Waals surface area contributed by atoms with Crippen molar-refractivity contribution >= 4 is 16.9 Å². The van der Waals surface area contributed by atoms with Gasteiger partial charge in [-0.25, -0.2) is 4.98 Å². The van der Waals surface area contributed by atoms with Gasteiger partial charge in [0, 0.05) is 23.5 Å². The fourth-order valence-corrected chi connectivity index (χ4v) is 7.49. The molecule has 33 heavy (non-hydrogen) atoms. The van der Waals surface area contributed by atoms with Crippen molar-refractivity contribution in [3.05, 3.63) is 66.0 Å². The average molecular weight is 443 g/mol. The number of likely N-dealkylation sites (tertiary alicyclic amines) is 2. The number of para-hydroxylation sites is 2. The molecule has 0 radical (unpaired) electrons. The number of fused-ring (bicyclic) bond motifs is 2. The van der Waals surface area contributed by atoms with Crippen LogP contribution in [0, 0.1) is 12.3 Å². The minimum atomic E-state index is 0.187. The lowest BCUT2D eigenvalue weighted by molar-refractivity contribution is -0.145. The van der Waals surface area contributed by atoms with Gasteiger partial charge in [0.1, 0.15) is 12.4 Å². The number of hydrogen-bond acceptors (Lipinski definition) is 3. The summed E-state index contributed by atoms with van der Waals surface area (Å²) in [5, 5.41) is 0. The molecule has 1 amide bonds. The van der Waals surface area contributed by atoms with Crippen LogP contribution in [0.15, 0.2) is 54.6 Å². The number of aryl methyl sites for hydroxylation is 1. The van der Waals surface area contributed by atoms with Crippen molar-refractivity contribution in [1.29, 1.82) is 0 Å². The molecule has 1 aromatic heterocycles. The van der Waals surface area contributed by atoms with E-state index in [1.165, 1.54) is 24.8 Å². The molecule has 2 bridgehead atoms. The van der Waals surface area contributed by atoms with E-state index in [0.717, 1.165) is 29.7 Å². The molecule has 1 saturated carbocycles. The first-order valence-corrected chi connectivity index (χ1v) is 12.5. The van der Waals surface area contributed by atoms with Gasteiger partial charge in [-0.2, -0.15) is 0 Å². The van der Waals surface area contributed by atoms with Crippen LogP contribution >= 0.6 is 0 Å². The molecule has 2 aromatic carbocycles. The third-order valence-corrected chi connectivity index (χ3v) is 8.99. The van der Waals surface area contributed by atoms with Gasteiger partial charge in [-0.1, -0.05) is 49.4 Å². The van der Waals surface area contributed by atoms with Crippen LogP contribution in [0.2, 0.25) is 0 Å². The Morgan fingerprint density at radius 2 is 1.79 bits per heavy atom. The largest absolute Gasteiger partial charge is 0.333 e. The first-order chi connectivity index (χ1) is 16.0. The maximum absolute atomic E-state index is 14.2. The molecule has 5 nitrogen and oxygen atoms in total. The van der Waals surface area contributed by atoms with Gasteiger partial charge in [-0.3, -0.25) is 9.69 Å². The number of likely N-dealkylation sites (N-methyl/N-ethyl adjacent to an activating group) is 1. The first-order valence-electron chi connectivity index (χ1n) is 12.5. The zero-order valence-electron chi connectivity index (χ0n) is 19.9. The van der Waals surface area contributed by atoms with Gasteiger partial charge < -0.3 is 9.47 Å². The third-order valence-electron chi connectivity index (χ3n) is 8.99. The molecule has 6 rings (SSSR count). The summed E-state index contributed by atoms with van der Waals surface area (Å²) in [5.74, 6) is 1.16. The Morgan fingerprint density at radius 3 is 2.61 bits per heavy atom. The van der Waals surface area contributed by atoms with Crippen molar-refractivity contribution in [3.8, 4) is 0 Å². The van der Waals surface area contributed by atoms with Crippen LogP contribution in [0.25, 0.3) is 11.0 Å². The number of imidazole rings is 1. The molecule has 0 spiro atoms. The lowest BCUT2D eigenvalue weighted by Gasteiger charge is -2.53. The Balaban J connectivity index is 1.40. The number of benzene rings is 2. The van der Waals surface area contributed by atoms with E-state index in [2.05, 4.69) is 64.7 Å². The fraction of sp³-hybridized carbons (Fsp3) is 0.500. The molecule has 2 aliphatic heterocycles. The summed E-state index contributed by atoms with van der Waals surface area (Å²) in [5.41, 5.74) is 3.52. The number of nitrogens with zero attached hydrogens (tertiary/aromatic N) is 4. The maximum atomic E-state index is 14.2. The second-order valence-electron chi connectivity index (χ2n) is 10.7. The van der Waals surface area contributed by atoms with Gasteiger partial charge in [0.2, 0.25) is 5.91 Å². The number of carbonyl (C=O) groups is 1. The van der Waals surface area contributed by atoms with Gasteiger partial charge >= 0.3 is 0 Å². The molecule has 2 saturated heterocycles. The Kier molecular flexibility index (Phi) is 4.88. The van der Waals surface area contributed by atoms with Gasteiger partial charge in [0.05, 0.1) is 17.1 Å². The Hall–Kier alpha value is -2.66. The van der Waals surface area contributed by atoms with Crippen LogP contribution in [0.1, 0.15) is 44.0 Å². The quantitative estimate of drug-likeness (QED) is 0.600. The van der Waals surface area contributed by atoms with E-state index in [1.807, 2.05) is 25.1 Å². The number of piperidine rings is 1. The first kappa shape index (κ1) is 20.9. The van der Waals surface area contributed by atoms with Crippen molar-refractivity contribution in [3.63, 3.8) is 0 Å². The highest BCUT2D eigenvalue weighted by molar-refractivity contribution is 5.82. The molecule has 3 heterocycles. The van der Waals surface area contributed by atoms with Crippen LogP contribution in [0.4, 0.5) is 0 Å². The molecule has 0 unspecified atom stereocenters. The smallest absolute Gasteiger partial charge is 0.243 e. The predicted molar refractivity (Wildman–Crippen MR) is 131 cm³/mol. The zero-order chi connectivity index (χ0) is 22.7. The second kappa shape index (κ2) is 7.69. The van der Waals surface area contributed by atoms with E-state index in [0.29, 0.717) is 24.7 Å². The van der Waals surface area contributed by atoms with Crippen LogP contribution in [0.3, 0.4) is 0 Å². The average Bonchev–Trinajstić information content (AvgIpc) is 3.27. The summed E-state index contributed by atoms with van der Waals surface area (Å²) < 4.78 is 2.11. The molecule has 0 N–H and O–H groups in total. The van der Waals surface area contributed by atoms with E-state index in [-0.39, 0.29) is 17.4 Å². The highest BCUT2D eigenvalue weighted by Crippen LogP contribution is 2.56. The molecule has 5 atom stereocenters. The topological polar surface area (TPSA) is 41.4 Å². The highest BCUT2D eigenvalue weighted by atomic mass is 16.2. The number of rotatable bonds is 4. The SMILES string of the molecule is Cc1nc2ccccc2n1CC(=O)N1[C@@H](Cc2ccccc2)[C@@H]2C[C@@]3(C)[C@H](CCC[C@@H]13)N2C. The van der Waals surface area contributed by atoms with Gasteiger partial charge in [0.15, 0.2) is 0 Å². The van der Waals surface area contributed by atoms with Crippen LogP contribution in [-0.4, -0.2) is 56.5 Å². The van der Waals surface area contributed by atoms with Gasteiger partial charge in [-0.15, -0.1) is 0 Å². The lowest BCUT2D eigenvalue weighted by atomic mass is 9.64. The minimum absolute atomic E-state index is 0.187. The van der Waals surface area contributed by atoms with Crippen molar-refractivity contribution in [1.82, 2.24) is 19.4 Å². The minimum Gasteiger partial charge on any atom is -0.333 e.